The van der Waals surface area contributed by atoms with Crippen LogP contribution in [0.4, 0.5) is 4.39 Å². The number of piperidine rings is 1. The van der Waals surface area contributed by atoms with Gasteiger partial charge in [0.1, 0.15) is 12.4 Å². The largest absolute Gasteiger partial charge is 0.493 e. The van der Waals surface area contributed by atoms with Crippen molar-refractivity contribution in [1.82, 2.24) is 9.96 Å². The van der Waals surface area contributed by atoms with Crippen LogP contribution in [0.25, 0.3) is 0 Å². The first-order valence-corrected chi connectivity index (χ1v) is 11.2. The fraction of sp³-hybridized carbons (Fsp3) is 0.440. The van der Waals surface area contributed by atoms with E-state index in [9.17, 15) is 14.0 Å². The highest BCUT2D eigenvalue weighted by atomic mass is 19.1. The summed E-state index contributed by atoms with van der Waals surface area (Å²) in [5.41, 5.74) is 0.335. The molecule has 9 heteroatoms. The van der Waals surface area contributed by atoms with Gasteiger partial charge < -0.3 is 19.1 Å². The van der Waals surface area contributed by atoms with Gasteiger partial charge in [0.25, 0.3) is 5.91 Å². The highest BCUT2D eigenvalue weighted by Crippen LogP contribution is 2.41. The van der Waals surface area contributed by atoms with Gasteiger partial charge in [-0.1, -0.05) is 18.2 Å². The van der Waals surface area contributed by atoms with E-state index in [1.54, 1.807) is 35.2 Å². The molecule has 182 valence electrons. The lowest BCUT2D eigenvalue weighted by Crippen LogP contribution is -2.54. The molecular formula is C25H29FN2O6. The summed E-state index contributed by atoms with van der Waals surface area (Å²) in [5.74, 6) is 0.610. The lowest BCUT2D eigenvalue weighted by atomic mass is 9.85. The number of hydrogen-bond donors (Lipinski definition) is 0. The number of ether oxygens (including phenoxy) is 3. The van der Waals surface area contributed by atoms with E-state index in [1.165, 1.54) is 32.5 Å². The third-order valence-electron chi connectivity index (χ3n) is 6.66. The first-order chi connectivity index (χ1) is 16.4. The first-order valence-electron chi connectivity index (χ1n) is 11.2. The zero-order chi connectivity index (χ0) is 24.3. The maximum atomic E-state index is 14.0. The molecule has 0 aromatic heterocycles. The second-order valence-electron chi connectivity index (χ2n) is 8.48. The Hall–Kier alpha value is -3.33. The van der Waals surface area contributed by atoms with Crippen LogP contribution in [0.2, 0.25) is 0 Å². The van der Waals surface area contributed by atoms with Crippen molar-refractivity contribution in [2.75, 3.05) is 34.4 Å². The molecule has 0 aliphatic carbocycles. The Bertz CT molecular complexity index is 1040. The third kappa shape index (κ3) is 4.40. The molecule has 2 heterocycles. The third-order valence-corrected chi connectivity index (χ3v) is 6.66. The molecule has 2 fully saturated rings. The van der Waals surface area contributed by atoms with Gasteiger partial charge in [0.15, 0.2) is 11.5 Å². The monoisotopic (exact) mass is 472 g/mol. The number of amides is 2. The zero-order valence-corrected chi connectivity index (χ0v) is 19.6. The van der Waals surface area contributed by atoms with E-state index in [1.807, 2.05) is 0 Å². The molecule has 2 amide bonds. The van der Waals surface area contributed by atoms with E-state index < -0.39 is 5.54 Å². The number of methoxy groups -OCH3 is 3. The van der Waals surface area contributed by atoms with Crippen LogP contribution in [0.1, 0.15) is 41.6 Å². The Morgan fingerprint density at radius 1 is 1.00 bits per heavy atom. The lowest BCUT2D eigenvalue weighted by molar-refractivity contribution is -0.222. The molecule has 2 saturated heterocycles. The maximum Gasteiger partial charge on any atom is 0.254 e. The van der Waals surface area contributed by atoms with Crippen molar-refractivity contribution < 1.29 is 33.0 Å². The fourth-order valence-corrected chi connectivity index (χ4v) is 4.73. The predicted molar refractivity (Wildman–Crippen MR) is 121 cm³/mol. The van der Waals surface area contributed by atoms with E-state index >= 15 is 0 Å². The normalized spacial score (nSPS) is 17.2. The fourth-order valence-electron chi connectivity index (χ4n) is 4.73. The number of carbonyl (C=O) groups is 2. The first kappa shape index (κ1) is 23.8. The van der Waals surface area contributed by atoms with Crippen molar-refractivity contribution in [3.8, 4) is 17.2 Å². The standard InChI is InChI=1S/C25H29FN2O6/c1-31-20-14-18(15-21(32-2)23(20)33-3)24(30)27-12-10-25(11-13-27)9-8-22(29)28(25)34-16-17-6-4-5-7-19(17)26/h4-7,14-15H,8-13,16H2,1-3H3. The van der Waals surface area contributed by atoms with Gasteiger partial charge in [-0.2, -0.15) is 0 Å². The zero-order valence-electron chi connectivity index (χ0n) is 19.6. The molecule has 2 aromatic carbocycles. The molecule has 0 radical (unpaired) electrons. The summed E-state index contributed by atoms with van der Waals surface area (Å²) in [6, 6.07) is 9.63. The van der Waals surface area contributed by atoms with Gasteiger partial charge in [-0.3, -0.25) is 14.4 Å². The van der Waals surface area contributed by atoms with Crippen molar-refractivity contribution in [1.29, 1.82) is 0 Å². The minimum Gasteiger partial charge on any atom is -0.493 e. The quantitative estimate of drug-likeness (QED) is 0.613. The average Bonchev–Trinajstić information content (AvgIpc) is 3.16. The molecule has 0 atom stereocenters. The average molecular weight is 473 g/mol. The van der Waals surface area contributed by atoms with E-state index in [0.717, 1.165) is 0 Å². The van der Waals surface area contributed by atoms with Crippen LogP contribution in [0.15, 0.2) is 36.4 Å². The van der Waals surface area contributed by atoms with Crippen molar-refractivity contribution in [2.24, 2.45) is 0 Å². The van der Waals surface area contributed by atoms with Crippen LogP contribution in [0.5, 0.6) is 17.2 Å². The Labute approximate surface area is 198 Å². The van der Waals surface area contributed by atoms with Crippen molar-refractivity contribution in [2.45, 2.75) is 37.8 Å². The van der Waals surface area contributed by atoms with Crippen LogP contribution in [-0.4, -0.2) is 61.7 Å². The number of nitrogens with zero attached hydrogens (tertiary/aromatic N) is 2. The highest BCUT2D eigenvalue weighted by molar-refractivity contribution is 5.95. The molecule has 8 nitrogen and oxygen atoms in total. The highest BCUT2D eigenvalue weighted by Gasteiger charge is 2.49. The number of halogens is 1. The molecule has 0 bridgehead atoms. The molecule has 34 heavy (non-hydrogen) atoms. The number of hydroxylamine groups is 2. The van der Waals surface area contributed by atoms with E-state index in [4.69, 9.17) is 19.0 Å². The van der Waals surface area contributed by atoms with E-state index in [-0.39, 0.29) is 24.2 Å². The second-order valence-corrected chi connectivity index (χ2v) is 8.48. The Morgan fingerprint density at radius 2 is 1.65 bits per heavy atom. The van der Waals surface area contributed by atoms with Gasteiger partial charge in [0.2, 0.25) is 11.7 Å². The van der Waals surface area contributed by atoms with Crippen LogP contribution in [0.3, 0.4) is 0 Å². The smallest absolute Gasteiger partial charge is 0.254 e. The van der Waals surface area contributed by atoms with Crippen LogP contribution < -0.4 is 14.2 Å². The van der Waals surface area contributed by atoms with Gasteiger partial charge in [-0.25, -0.2) is 9.45 Å². The number of hydrogen-bond acceptors (Lipinski definition) is 6. The van der Waals surface area contributed by atoms with Gasteiger partial charge in [-0.15, -0.1) is 0 Å². The number of carbonyl (C=O) groups excluding carboxylic acids is 2. The van der Waals surface area contributed by atoms with E-state index in [0.29, 0.717) is 67.1 Å². The molecule has 0 N–H and O–H groups in total. The van der Waals surface area contributed by atoms with Gasteiger partial charge in [0, 0.05) is 30.6 Å². The molecule has 0 saturated carbocycles. The second kappa shape index (κ2) is 9.89. The molecular weight excluding hydrogens is 443 g/mol. The molecule has 4 rings (SSSR count). The van der Waals surface area contributed by atoms with Crippen molar-refractivity contribution >= 4 is 11.8 Å². The molecule has 2 aromatic rings. The summed E-state index contributed by atoms with van der Waals surface area (Å²) < 4.78 is 30.1. The molecule has 0 unspecified atom stereocenters. The number of likely N-dealkylation sites (tertiary alicyclic amines) is 1. The Morgan fingerprint density at radius 3 is 2.24 bits per heavy atom. The molecule has 2 aliphatic rings. The summed E-state index contributed by atoms with van der Waals surface area (Å²) in [5, 5.41) is 1.43. The summed E-state index contributed by atoms with van der Waals surface area (Å²) in [4.78, 5) is 33.4. The summed E-state index contributed by atoms with van der Waals surface area (Å²) in [6.07, 6.45) is 2.17. The van der Waals surface area contributed by atoms with Gasteiger partial charge in [0.05, 0.1) is 26.9 Å². The van der Waals surface area contributed by atoms with E-state index in [2.05, 4.69) is 0 Å². The lowest BCUT2D eigenvalue weighted by Gasteiger charge is -2.43. The van der Waals surface area contributed by atoms with Crippen LogP contribution >= 0.6 is 0 Å². The summed E-state index contributed by atoms with van der Waals surface area (Å²) in [6.45, 7) is 0.902. The van der Waals surface area contributed by atoms with Gasteiger partial charge >= 0.3 is 0 Å². The minimum absolute atomic E-state index is 0.0196. The number of benzene rings is 2. The molecule has 1 spiro atoms. The van der Waals surface area contributed by atoms with Crippen LogP contribution in [0, 0.1) is 5.82 Å². The van der Waals surface area contributed by atoms with Gasteiger partial charge in [-0.05, 0) is 37.5 Å². The predicted octanol–water partition coefficient (Wildman–Crippen LogP) is 3.58. The topological polar surface area (TPSA) is 77.5 Å². The molecule has 2 aliphatic heterocycles. The Balaban J connectivity index is 1.46. The Kier molecular flexibility index (Phi) is 6.92. The summed E-state index contributed by atoms with van der Waals surface area (Å²) >= 11 is 0. The van der Waals surface area contributed by atoms with Crippen molar-refractivity contribution in [3.05, 3.63) is 53.3 Å². The van der Waals surface area contributed by atoms with Crippen molar-refractivity contribution in [3.63, 3.8) is 0 Å². The number of rotatable bonds is 7. The SMILES string of the molecule is COc1cc(C(=O)N2CCC3(CCC(=O)N3OCc3ccccc3F)CC2)cc(OC)c1OC. The summed E-state index contributed by atoms with van der Waals surface area (Å²) in [7, 11) is 4.52. The maximum absolute atomic E-state index is 14.0. The minimum atomic E-state index is -0.492. The van der Waals surface area contributed by atoms with Crippen LogP contribution in [-0.2, 0) is 16.2 Å².